The fourth-order valence-corrected chi connectivity index (χ4v) is 2.07. The first-order valence-electron chi connectivity index (χ1n) is 7.62. The van der Waals surface area contributed by atoms with Crippen LogP contribution in [0.15, 0.2) is 47.8 Å². The maximum Gasteiger partial charge on any atom is 0.260 e. The Balaban J connectivity index is 0.00000300. The van der Waals surface area contributed by atoms with Crippen molar-refractivity contribution >= 4 is 23.9 Å². The van der Waals surface area contributed by atoms with Crippen LogP contribution in [0.25, 0.3) is 0 Å². The summed E-state index contributed by atoms with van der Waals surface area (Å²) in [6.07, 6.45) is 3.67. The first kappa shape index (κ1) is 18.8. The Morgan fingerprint density at radius 1 is 1.11 bits per heavy atom. The molecule has 3 aromatic rings. The highest BCUT2D eigenvalue weighted by atomic mass is 19.1. The largest absolute Gasteiger partial charge is 0.451 e. The van der Waals surface area contributed by atoms with Crippen LogP contribution in [0.4, 0.5) is 24.8 Å². The number of amides is 1. The zero-order chi connectivity index (χ0) is 20.1. The lowest BCUT2D eigenvalue weighted by Gasteiger charge is -2.10. The zero-order valence-electron chi connectivity index (χ0n) is 13.9. The maximum absolute atomic E-state index is 13.7. The number of nitrogens with two attached hydrogens (primary N) is 1. The van der Waals surface area contributed by atoms with Crippen molar-refractivity contribution in [3.05, 3.63) is 66.0 Å². The topological polar surface area (TPSA) is 115 Å². The molecule has 0 aromatic carbocycles. The molecular formula is C17H13F3N6O2. The summed E-state index contributed by atoms with van der Waals surface area (Å²) in [5.74, 6) is -3.72. The van der Waals surface area contributed by atoms with Gasteiger partial charge in [0.1, 0.15) is 23.2 Å². The van der Waals surface area contributed by atoms with Gasteiger partial charge in [-0.05, 0) is 18.2 Å². The van der Waals surface area contributed by atoms with Crippen molar-refractivity contribution in [3.8, 4) is 11.5 Å². The van der Waals surface area contributed by atoms with Crippen molar-refractivity contribution in [2.24, 2.45) is 10.7 Å². The number of carbonyl (C=O) groups excluding carboxylic acids is 1. The van der Waals surface area contributed by atoms with Gasteiger partial charge < -0.3 is 15.8 Å². The Kier molecular flexibility index (Phi) is 5.44. The van der Waals surface area contributed by atoms with E-state index in [1.807, 2.05) is 0 Å². The van der Waals surface area contributed by atoms with Gasteiger partial charge in [0.25, 0.3) is 11.9 Å². The first-order valence-corrected chi connectivity index (χ1v) is 7.62. The lowest BCUT2D eigenvalue weighted by Crippen LogP contribution is -2.14. The van der Waals surface area contributed by atoms with Gasteiger partial charge in [-0.2, -0.15) is 4.39 Å². The van der Waals surface area contributed by atoms with Crippen LogP contribution in [0.1, 0.15) is 11.8 Å². The zero-order valence-corrected chi connectivity index (χ0v) is 13.9. The number of rotatable bonds is 5. The van der Waals surface area contributed by atoms with Crippen molar-refractivity contribution in [1.82, 2.24) is 15.0 Å². The van der Waals surface area contributed by atoms with Crippen molar-refractivity contribution in [2.75, 3.05) is 5.32 Å². The second kappa shape index (κ2) is 8.12. The van der Waals surface area contributed by atoms with E-state index in [1.165, 1.54) is 12.1 Å². The van der Waals surface area contributed by atoms with Crippen LogP contribution in [0.5, 0.6) is 11.5 Å². The van der Waals surface area contributed by atoms with Gasteiger partial charge in [-0.25, -0.2) is 28.7 Å². The molecule has 144 valence electrons. The van der Waals surface area contributed by atoms with Crippen LogP contribution in [0, 0.1) is 17.6 Å². The van der Waals surface area contributed by atoms with Crippen LogP contribution in [0.2, 0.25) is 0 Å². The van der Waals surface area contributed by atoms with E-state index >= 15 is 0 Å². The third-order valence-electron chi connectivity index (χ3n) is 3.25. The minimum Gasteiger partial charge on any atom is -0.451 e. The first-order chi connectivity index (χ1) is 13.5. The van der Waals surface area contributed by atoms with Crippen molar-refractivity contribution in [3.63, 3.8) is 0 Å². The van der Waals surface area contributed by atoms with Gasteiger partial charge in [0.2, 0.25) is 0 Å². The van der Waals surface area contributed by atoms with E-state index in [1.54, 1.807) is 0 Å². The number of pyridine rings is 3. The summed E-state index contributed by atoms with van der Waals surface area (Å²) in [7, 11) is 0. The van der Waals surface area contributed by atoms with E-state index in [0.29, 0.717) is 6.20 Å². The molecule has 1 amide bonds. The highest BCUT2D eigenvalue weighted by Gasteiger charge is 2.16. The molecule has 0 fully saturated rings. The third-order valence-corrected chi connectivity index (χ3v) is 3.25. The van der Waals surface area contributed by atoms with Gasteiger partial charge >= 0.3 is 0 Å². The highest BCUT2D eigenvalue weighted by Crippen LogP contribution is 2.27. The monoisotopic (exact) mass is 390 g/mol. The van der Waals surface area contributed by atoms with Gasteiger partial charge in [0.15, 0.2) is 11.6 Å². The van der Waals surface area contributed by atoms with E-state index in [0.717, 1.165) is 30.9 Å². The normalized spacial score (nSPS) is 10.8. The van der Waals surface area contributed by atoms with E-state index in [-0.39, 0.29) is 24.4 Å². The smallest absolute Gasteiger partial charge is 0.260 e. The summed E-state index contributed by atoms with van der Waals surface area (Å²) in [6, 6.07) is 4.34. The number of anilines is 1. The molecule has 0 unspecified atom stereocenters. The van der Waals surface area contributed by atoms with Crippen LogP contribution in [0.3, 0.4) is 0 Å². The van der Waals surface area contributed by atoms with Gasteiger partial charge in [-0.3, -0.25) is 4.79 Å². The van der Waals surface area contributed by atoms with Gasteiger partial charge in [-0.15, -0.1) is 0 Å². The Labute approximate surface area is 157 Å². The quantitative estimate of drug-likeness (QED) is 0.393. The summed E-state index contributed by atoms with van der Waals surface area (Å²) in [5, 5.41) is 2.42. The molecule has 0 saturated heterocycles. The van der Waals surface area contributed by atoms with Gasteiger partial charge in [0.05, 0.1) is 30.5 Å². The molecule has 11 heteroatoms. The molecule has 3 N–H and O–H groups in total. The van der Waals surface area contributed by atoms with Crippen molar-refractivity contribution in [2.45, 2.75) is 0 Å². The summed E-state index contributed by atoms with van der Waals surface area (Å²) < 4.78 is 45.0. The second-order valence-electron chi connectivity index (χ2n) is 5.18. The molecule has 0 atom stereocenters. The number of hydrogen-bond donors (Lipinski definition) is 2. The molecule has 0 aliphatic rings. The van der Waals surface area contributed by atoms with Crippen LogP contribution in [-0.2, 0) is 0 Å². The molecule has 0 aliphatic heterocycles. The Morgan fingerprint density at radius 3 is 2.61 bits per heavy atom. The van der Waals surface area contributed by atoms with Gasteiger partial charge in [-0.1, -0.05) is 0 Å². The van der Waals surface area contributed by atoms with E-state index < -0.39 is 29.2 Å². The lowest BCUT2D eigenvalue weighted by molar-refractivity contribution is 0.102. The number of hydrogen-bond acceptors (Lipinski definition) is 6. The molecule has 3 rings (SSSR count). The molecule has 3 aromatic heterocycles. The minimum absolute atomic E-state index is 0. The number of carbonyl (C=O) groups is 1. The van der Waals surface area contributed by atoms with Crippen LogP contribution in [-0.4, -0.2) is 27.2 Å². The number of nitrogens with one attached hydrogen (secondary N) is 1. The number of aliphatic imine (C=N–C) groups is 1. The van der Waals surface area contributed by atoms with Crippen LogP contribution < -0.4 is 15.8 Å². The third kappa shape index (κ3) is 4.38. The lowest BCUT2D eigenvalue weighted by atomic mass is 10.2. The summed E-state index contributed by atoms with van der Waals surface area (Å²) in [6.45, 7) is 0. The van der Waals surface area contributed by atoms with Crippen LogP contribution >= 0.6 is 0 Å². The SMILES string of the molecule is N/C=N\c1ncc(Oc2cc(F)cnc2F)cc1C(=O)Nc1ccc(F)cn1.[HH]. The Morgan fingerprint density at radius 2 is 1.89 bits per heavy atom. The van der Waals surface area contributed by atoms with E-state index in [2.05, 4.69) is 25.3 Å². The van der Waals surface area contributed by atoms with E-state index in [4.69, 9.17) is 10.5 Å². The molecule has 0 spiro atoms. The Hall–Kier alpha value is -4.02. The van der Waals surface area contributed by atoms with Crippen molar-refractivity contribution in [1.29, 1.82) is 0 Å². The molecule has 0 saturated carbocycles. The number of halogens is 3. The number of aromatic nitrogens is 3. The van der Waals surface area contributed by atoms with Gasteiger partial charge in [0, 0.05) is 7.49 Å². The predicted octanol–water partition coefficient (Wildman–Crippen LogP) is 3.20. The minimum atomic E-state index is -1.05. The fourth-order valence-electron chi connectivity index (χ4n) is 2.07. The standard InChI is InChI=1S/C17H11F3N6O2.H2/c18-9-1-2-14(22-5-9)26-17(27)12-4-11(7-24-16(12)25-8-21)28-13-3-10(19)6-23-15(13)20;/h1-8H,(H2,21,24,25)(H,22,26,27);1H. The molecule has 0 aliphatic carbocycles. The summed E-state index contributed by atoms with van der Waals surface area (Å²) in [4.78, 5) is 27.1. The molecule has 0 radical (unpaired) electrons. The van der Waals surface area contributed by atoms with Crippen molar-refractivity contribution < 1.29 is 24.1 Å². The summed E-state index contributed by atoms with van der Waals surface area (Å²) >= 11 is 0. The molecule has 0 bridgehead atoms. The van der Waals surface area contributed by atoms with E-state index in [9.17, 15) is 18.0 Å². The molecule has 3 heterocycles. The Bertz CT molecular complexity index is 1050. The maximum atomic E-state index is 13.7. The molecule has 8 nitrogen and oxygen atoms in total. The number of nitrogens with zero attached hydrogens (tertiary/aromatic N) is 4. The summed E-state index contributed by atoms with van der Waals surface area (Å²) in [5.41, 5.74) is 5.15. The predicted molar refractivity (Wildman–Crippen MR) is 95.1 cm³/mol. The highest BCUT2D eigenvalue weighted by molar-refractivity contribution is 6.07. The average molecular weight is 390 g/mol. The molecular weight excluding hydrogens is 377 g/mol. The fraction of sp³-hybridized carbons (Fsp3) is 0. The molecule has 28 heavy (non-hydrogen) atoms. The average Bonchev–Trinajstić information content (AvgIpc) is 2.68. The second-order valence-corrected chi connectivity index (χ2v) is 5.18. The number of ether oxygens (including phenoxy) is 1.